The maximum atomic E-state index is 11.9. The molecule has 0 atom stereocenters. The fourth-order valence-corrected chi connectivity index (χ4v) is 3.31. The van der Waals surface area contributed by atoms with Gasteiger partial charge < -0.3 is 10.1 Å². The van der Waals surface area contributed by atoms with E-state index in [1.54, 1.807) is 7.05 Å². The van der Waals surface area contributed by atoms with Crippen molar-refractivity contribution in [1.29, 1.82) is 0 Å². The summed E-state index contributed by atoms with van der Waals surface area (Å²) in [5.74, 6) is 1.62. The predicted octanol–water partition coefficient (Wildman–Crippen LogP) is 4.30. The van der Waals surface area contributed by atoms with E-state index in [-0.39, 0.29) is 5.91 Å². The molecule has 0 heterocycles. The van der Waals surface area contributed by atoms with Crippen LogP contribution in [-0.4, -0.2) is 13.0 Å². The Labute approximate surface area is 150 Å². The summed E-state index contributed by atoms with van der Waals surface area (Å²) in [6, 6.07) is 12.7. The van der Waals surface area contributed by atoms with Gasteiger partial charge in [0.2, 0.25) is 5.91 Å². The number of amides is 1. The molecule has 1 fully saturated rings. The van der Waals surface area contributed by atoms with Crippen LogP contribution in [0.25, 0.3) is 0 Å². The van der Waals surface area contributed by atoms with Crippen LogP contribution in [0.1, 0.15) is 53.5 Å². The van der Waals surface area contributed by atoms with Gasteiger partial charge in [0.25, 0.3) is 0 Å². The number of ether oxygens (including phenoxy) is 1. The molecular weight excluding hydrogens is 310 g/mol. The third-order valence-corrected chi connectivity index (χ3v) is 4.93. The van der Waals surface area contributed by atoms with Gasteiger partial charge in [0.05, 0.1) is 6.42 Å². The largest absolute Gasteiger partial charge is 0.489 e. The minimum Gasteiger partial charge on any atom is -0.489 e. The minimum absolute atomic E-state index is 0.0405. The van der Waals surface area contributed by atoms with E-state index in [1.807, 2.05) is 0 Å². The highest BCUT2D eigenvalue weighted by molar-refractivity contribution is 5.78. The Bertz CT molecular complexity index is 763. The summed E-state index contributed by atoms with van der Waals surface area (Å²) >= 11 is 0. The van der Waals surface area contributed by atoms with Gasteiger partial charge in [-0.2, -0.15) is 0 Å². The monoisotopic (exact) mass is 337 g/mol. The summed E-state index contributed by atoms with van der Waals surface area (Å²) < 4.78 is 6.21. The van der Waals surface area contributed by atoms with Crippen LogP contribution in [0, 0.1) is 6.92 Å². The average molecular weight is 337 g/mol. The van der Waals surface area contributed by atoms with Crippen LogP contribution in [0.4, 0.5) is 0 Å². The van der Waals surface area contributed by atoms with Crippen molar-refractivity contribution < 1.29 is 9.53 Å². The maximum absolute atomic E-state index is 11.9. The number of rotatable bonds is 7. The molecule has 1 N–H and O–H groups in total. The van der Waals surface area contributed by atoms with Gasteiger partial charge >= 0.3 is 0 Å². The summed E-state index contributed by atoms with van der Waals surface area (Å²) in [5, 5.41) is 2.72. The summed E-state index contributed by atoms with van der Waals surface area (Å²) in [4.78, 5) is 11.9. The Balaban J connectivity index is 1.86. The highest BCUT2D eigenvalue weighted by atomic mass is 16.5. The van der Waals surface area contributed by atoms with Crippen LogP contribution in [0.5, 0.6) is 5.75 Å². The van der Waals surface area contributed by atoms with Gasteiger partial charge in [0.15, 0.2) is 0 Å². The molecule has 0 bridgehead atoms. The van der Waals surface area contributed by atoms with E-state index in [0.29, 0.717) is 18.9 Å². The van der Waals surface area contributed by atoms with E-state index >= 15 is 0 Å². The van der Waals surface area contributed by atoms with Gasteiger partial charge in [-0.15, -0.1) is 0 Å². The first-order valence-corrected chi connectivity index (χ1v) is 9.16. The number of likely N-dealkylation sites (N-methyl/N-ethyl adjacent to an activating group) is 1. The average Bonchev–Trinajstić information content (AvgIpc) is 3.46. The lowest BCUT2D eigenvalue weighted by molar-refractivity contribution is -0.119. The molecule has 25 heavy (non-hydrogen) atoms. The van der Waals surface area contributed by atoms with Gasteiger partial charge in [-0.1, -0.05) is 42.8 Å². The molecule has 2 aromatic carbocycles. The number of nitrogens with one attached hydrogen (secondary N) is 1. The molecule has 1 saturated carbocycles. The summed E-state index contributed by atoms with van der Waals surface area (Å²) in [7, 11) is 1.68. The van der Waals surface area contributed by atoms with Crippen molar-refractivity contribution in [3.63, 3.8) is 0 Å². The third-order valence-electron chi connectivity index (χ3n) is 4.93. The topological polar surface area (TPSA) is 38.3 Å². The van der Waals surface area contributed by atoms with Gasteiger partial charge in [0.1, 0.15) is 12.4 Å². The Morgan fingerprint density at radius 3 is 2.68 bits per heavy atom. The SMILES string of the molecule is CCc1cc(C)ccc1OCc1c(CC(=O)NC)cccc1C1CC1. The predicted molar refractivity (Wildman–Crippen MR) is 101 cm³/mol. The number of hydrogen-bond acceptors (Lipinski definition) is 2. The fraction of sp³-hybridized carbons (Fsp3) is 0.409. The zero-order valence-corrected chi connectivity index (χ0v) is 15.4. The Morgan fingerprint density at radius 2 is 2.00 bits per heavy atom. The maximum Gasteiger partial charge on any atom is 0.224 e. The first kappa shape index (κ1) is 17.5. The lowest BCUT2D eigenvalue weighted by Crippen LogP contribution is -2.21. The zero-order chi connectivity index (χ0) is 17.8. The third kappa shape index (κ3) is 4.22. The molecule has 3 nitrogen and oxygen atoms in total. The van der Waals surface area contributed by atoms with Crippen LogP contribution in [-0.2, 0) is 24.2 Å². The number of aryl methyl sites for hydroxylation is 2. The van der Waals surface area contributed by atoms with E-state index in [9.17, 15) is 4.79 Å². The van der Waals surface area contributed by atoms with E-state index in [4.69, 9.17) is 4.74 Å². The molecule has 0 saturated heterocycles. The Hall–Kier alpha value is -2.29. The van der Waals surface area contributed by atoms with Crippen LogP contribution >= 0.6 is 0 Å². The fourth-order valence-electron chi connectivity index (χ4n) is 3.31. The molecule has 1 amide bonds. The van der Waals surface area contributed by atoms with Crippen molar-refractivity contribution in [3.8, 4) is 5.75 Å². The van der Waals surface area contributed by atoms with Crippen LogP contribution < -0.4 is 10.1 Å². The Morgan fingerprint density at radius 1 is 1.20 bits per heavy atom. The molecule has 3 rings (SSSR count). The summed E-state index contributed by atoms with van der Waals surface area (Å²) in [5.41, 5.74) is 6.11. The lowest BCUT2D eigenvalue weighted by Gasteiger charge is -2.17. The molecule has 0 spiro atoms. The van der Waals surface area contributed by atoms with Crippen molar-refractivity contribution in [2.24, 2.45) is 0 Å². The smallest absolute Gasteiger partial charge is 0.224 e. The number of carbonyl (C=O) groups is 1. The summed E-state index contributed by atoms with van der Waals surface area (Å²) in [6.45, 7) is 4.78. The van der Waals surface area contributed by atoms with Gasteiger partial charge in [-0.3, -0.25) is 4.79 Å². The number of hydrogen-bond donors (Lipinski definition) is 1. The molecule has 0 aromatic heterocycles. The van der Waals surface area contributed by atoms with Gasteiger partial charge in [-0.05, 0) is 60.4 Å². The van der Waals surface area contributed by atoms with E-state index in [0.717, 1.165) is 17.7 Å². The van der Waals surface area contributed by atoms with Crippen molar-refractivity contribution >= 4 is 5.91 Å². The minimum atomic E-state index is 0.0405. The van der Waals surface area contributed by atoms with Crippen molar-refractivity contribution in [2.75, 3.05) is 7.05 Å². The highest BCUT2D eigenvalue weighted by Crippen LogP contribution is 2.42. The standard InChI is InChI=1S/C22H27NO2/c1-4-16-12-15(2)8-11-21(16)25-14-20-18(13-22(24)23-3)6-5-7-19(20)17-9-10-17/h5-8,11-12,17H,4,9-10,13-14H2,1-3H3,(H,23,24). The second-order valence-electron chi connectivity index (χ2n) is 6.86. The van der Waals surface area contributed by atoms with Gasteiger partial charge in [0, 0.05) is 7.05 Å². The zero-order valence-electron chi connectivity index (χ0n) is 15.4. The first-order valence-electron chi connectivity index (χ1n) is 9.16. The molecule has 0 aliphatic heterocycles. The van der Waals surface area contributed by atoms with Crippen LogP contribution in [0.2, 0.25) is 0 Å². The normalized spacial score (nSPS) is 13.6. The molecular formula is C22H27NO2. The number of carbonyl (C=O) groups excluding carboxylic acids is 1. The van der Waals surface area contributed by atoms with Crippen LogP contribution in [0.3, 0.4) is 0 Å². The molecule has 2 aromatic rings. The lowest BCUT2D eigenvalue weighted by atomic mass is 9.96. The molecule has 1 aliphatic rings. The molecule has 0 unspecified atom stereocenters. The van der Waals surface area contributed by atoms with E-state index < -0.39 is 0 Å². The van der Waals surface area contributed by atoms with E-state index in [2.05, 4.69) is 55.6 Å². The highest BCUT2D eigenvalue weighted by Gasteiger charge is 2.27. The molecule has 0 radical (unpaired) electrons. The first-order chi connectivity index (χ1) is 12.1. The van der Waals surface area contributed by atoms with Crippen molar-refractivity contribution in [1.82, 2.24) is 5.32 Å². The van der Waals surface area contributed by atoms with Gasteiger partial charge in [-0.25, -0.2) is 0 Å². The van der Waals surface area contributed by atoms with Crippen molar-refractivity contribution in [2.45, 2.75) is 52.1 Å². The quantitative estimate of drug-likeness (QED) is 0.818. The molecule has 1 aliphatic carbocycles. The van der Waals surface area contributed by atoms with Crippen molar-refractivity contribution in [3.05, 3.63) is 64.2 Å². The number of benzene rings is 2. The second-order valence-corrected chi connectivity index (χ2v) is 6.86. The molecule has 132 valence electrons. The summed E-state index contributed by atoms with van der Waals surface area (Å²) in [6.07, 6.45) is 3.83. The molecule has 3 heteroatoms. The van der Waals surface area contributed by atoms with Crippen LogP contribution in [0.15, 0.2) is 36.4 Å². The van der Waals surface area contributed by atoms with E-state index in [1.165, 1.54) is 35.1 Å². The second kappa shape index (κ2) is 7.73. The Kier molecular flexibility index (Phi) is 5.42.